The third-order valence-electron chi connectivity index (χ3n) is 4.52. The molecule has 0 spiro atoms. The maximum atomic E-state index is 9.34. The molecule has 0 unspecified atom stereocenters. The fourth-order valence-corrected chi connectivity index (χ4v) is 3.30. The highest BCUT2D eigenvalue weighted by atomic mass is 15.5. The van der Waals surface area contributed by atoms with Crippen molar-refractivity contribution in [2.75, 3.05) is 13.6 Å². The molecule has 0 saturated carbocycles. The standard InChI is InChI=1S/C20H21N4/c1-24(23-22)20(16-8-3-2-4-9-16)19(14-21)18-12-11-15-7-5-6-10-17(15)13-18/h2-13,19-20H,14,21H2,1H3/q+1/t19-,20+/m1/s1. The Bertz CT molecular complexity index is 854. The van der Waals surface area contributed by atoms with Crippen molar-refractivity contribution in [2.45, 2.75) is 12.0 Å². The van der Waals surface area contributed by atoms with Crippen LogP contribution in [0, 0.1) is 5.39 Å². The molecule has 4 nitrogen and oxygen atoms in total. The molecule has 0 radical (unpaired) electrons. The largest absolute Gasteiger partial charge is 0.330 e. The molecule has 0 heterocycles. The van der Waals surface area contributed by atoms with Gasteiger partial charge in [-0.25, -0.2) is 0 Å². The summed E-state index contributed by atoms with van der Waals surface area (Å²) < 4.78 is 0. The fourth-order valence-electron chi connectivity index (χ4n) is 3.30. The van der Waals surface area contributed by atoms with Gasteiger partial charge in [0.05, 0.1) is 7.05 Å². The molecular formula is C20H21N4+. The molecule has 0 amide bonds. The third kappa shape index (κ3) is 3.08. The van der Waals surface area contributed by atoms with Crippen LogP contribution in [-0.4, -0.2) is 18.6 Å². The summed E-state index contributed by atoms with van der Waals surface area (Å²) in [5, 5.41) is 16.7. The number of likely N-dealkylation sites (N-methyl/N-ethyl adjacent to an activating group) is 1. The molecule has 3 aromatic rings. The van der Waals surface area contributed by atoms with E-state index in [0.29, 0.717) is 6.54 Å². The number of nitrogens with zero attached hydrogens (tertiary/aromatic N) is 3. The van der Waals surface area contributed by atoms with E-state index in [9.17, 15) is 5.39 Å². The second kappa shape index (κ2) is 7.12. The summed E-state index contributed by atoms with van der Waals surface area (Å²) >= 11 is 0. The van der Waals surface area contributed by atoms with E-state index < -0.39 is 0 Å². The molecule has 120 valence electrons. The molecule has 2 N–H and O–H groups in total. The maximum Gasteiger partial charge on any atom is 0.305 e. The Morgan fingerprint density at radius 3 is 2.25 bits per heavy atom. The second-order valence-corrected chi connectivity index (χ2v) is 5.97. The Hall–Kier alpha value is -2.90. The number of hydrogen-bond acceptors (Lipinski definition) is 3. The number of hydrogen-bond donors (Lipinski definition) is 1. The molecule has 0 aliphatic heterocycles. The first-order valence-corrected chi connectivity index (χ1v) is 8.06. The van der Waals surface area contributed by atoms with Crippen molar-refractivity contribution < 1.29 is 0 Å². The van der Waals surface area contributed by atoms with Crippen LogP contribution in [0.5, 0.6) is 0 Å². The van der Waals surface area contributed by atoms with Crippen LogP contribution < -0.4 is 5.73 Å². The van der Waals surface area contributed by atoms with Crippen LogP contribution in [-0.2, 0) is 0 Å². The van der Waals surface area contributed by atoms with Gasteiger partial charge in [-0.3, -0.25) is 0 Å². The van der Waals surface area contributed by atoms with E-state index in [2.05, 4.69) is 35.4 Å². The van der Waals surface area contributed by atoms with E-state index in [1.165, 1.54) is 10.8 Å². The van der Waals surface area contributed by atoms with Gasteiger partial charge in [0.15, 0.2) is 0 Å². The van der Waals surface area contributed by atoms with Gasteiger partial charge >= 0.3 is 5.08 Å². The predicted octanol–water partition coefficient (Wildman–Crippen LogP) is 4.32. The molecule has 3 rings (SSSR count). The number of benzene rings is 3. The summed E-state index contributed by atoms with van der Waals surface area (Å²) in [5.41, 5.74) is 8.34. The van der Waals surface area contributed by atoms with E-state index in [1.807, 2.05) is 42.5 Å². The van der Waals surface area contributed by atoms with Crippen LogP contribution in [0.1, 0.15) is 23.1 Å². The van der Waals surface area contributed by atoms with Crippen LogP contribution in [0.3, 0.4) is 0 Å². The van der Waals surface area contributed by atoms with Gasteiger partial charge < -0.3 is 5.73 Å². The van der Waals surface area contributed by atoms with Gasteiger partial charge in [-0.1, -0.05) is 72.8 Å². The molecule has 0 saturated heterocycles. The average Bonchev–Trinajstić information content (AvgIpc) is 2.65. The van der Waals surface area contributed by atoms with Gasteiger partial charge in [-0.15, -0.1) is 0 Å². The van der Waals surface area contributed by atoms with Gasteiger partial charge in [0.25, 0.3) is 5.39 Å². The average molecular weight is 317 g/mol. The molecule has 0 aliphatic carbocycles. The summed E-state index contributed by atoms with van der Waals surface area (Å²) in [6.45, 7) is 0.456. The van der Waals surface area contributed by atoms with E-state index in [0.717, 1.165) is 11.1 Å². The Balaban J connectivity index is 2.07. The minimum absolute atomic E-state index is 0.0120. The molecule has 0 aliphatic rings. The van der Waals surface area contributed by atoms with Crippen LogP contribution in [0.25, 0.3) is 15.9 Å². The van der Waals surface area contributed by atoms with Crippen molar-refractivity contribution in [3.63, 3.8) is 0 Å². The van der Waals surface area contributed by atoms with Crippen molar-refractivity contribution in [1.29, 1.82) is 5.39 Å². The molecule has 0 aromatic heterocycles. The summed E-state index contributed by atoms with van der Waals surface area (Å²) in [6.07, 6.45) is 0. The normalized spacial score (nSPS) is 13.2. The quantitative estimate of drug-likeness (QED) is 0.563. The van der Waals surface area contributed by atoms with E-state index in [-0.39, 0.29) is 12.0 Å². The smallest absolute Gasteiger partial charge is 0.305 e. The Kier molecular flexibility index (Phi) is 4.74. The highest BCUT2D eigenvalue weighted by Gasteiger charge is 2.33. The highest BCUT2D eigenvalue weighted by molar-refractivity contribution is 5.83. The van der Waals surface area contributed by atoms with Crippen LogP contribution in [0.15, 0.2) is 72.8 Å². The van der Waals surface area contributed by atoms with Gasteiger partial charge in [0, 0.05) is 12.5 Å². The monoisotopic (exact) mass is 317 g/mol. The molecule has 0 bridgehead atoms. The lowest BCUT2D eigenvalue weighted by atomic mass is 9.86. The third-order valence-corrected chi connectivity index (χ3v) is 4.52. The SMILES string of the molecule is CN([N+]#N)[C@@H](c1ccccc1)[C@H](CN)c1ccc2ccccc2c1. The second-order valence-electron chi connectivity index (χ2n) is 5.97. The zero-order chi connectivity index (χ0) is 16.9. The van der Waals surface area contributed by atoms with Gasteiger partial charge in [0.2, 0.25) is 0 Å². The van der Waals surface area contributed by atoms with Crippen molar-refractivity contribution in [2.24, 2.45) is 5.73 Å². The number of rotatable bonds is 5. The molecule has 2 atom stereocenters. The first-order valence-electron chi connectivity index (χ1n) is 8.06. The summed E-state index contributed by atoms with van der Waals surface area (Å²) in [6, 6.07) is 24.6. The molecule has 3 aromatic carbocycles. The zero-order valence-corrected chi connectivity index (χ0v) is 13.7. The van der Waals surface area contributed by atoms with Crippen LogP contribution in [0.2, 0.25) is 0 Å². The molecule has 4 heteroatoms. The number of diazo groups is 1. The lowest BCUT2D eigenvalue weighted by Crippen LogP contribution is -2.29. The highest BCUT2D eigenvalue weighted by Crippen LogP contribution is 2.36. The van der Waals surface area contributed by atoms with Crippen molar-refractivity contribution in [3.8, 4) is 0 Å². The first-order chi connectivity index (χ1) is 11.7. The predicted molar refractivity (Wildman–Crippen MR) is 97.8 cm³/mol. The van der Waals surface area contributed by atoms with Gasteiger partial charge in [-0.05, 0) is 26.9 Å². The van der Waals surface area contributed by atoms with Crippen molar-refractivity contribution in [3.05, 3.63) is 89.0 Å². The molecular weight excluding hydrogens is 296 g/mol. The Morgan fingerprint density at radius 2 is 1.58 bits per heavy atom. The van der Waals surface area contributed by atoms with E-state index in [1.54, 1.807) is 12.1 Å². The zero-order valence-electron chi connectivity index (χ0n) is 13.7. The first kappa shape index (κ1) is 16.0. The number of fused-ring (bicyclic) bond motifs is 1. The number of nitrogens with two attached hydrogens (primary N) is 1. The van der Waals surface area contributed by atoms with E-state index >= 15 is 0 Å². The Morgan fingerprint density at radius 1 is 0.917 bits per heavy atom. The fraction of sp³-hybridized carbons (Fsp3) is 0.200. The van der Waals surface area contributed by atoms with Crippen LogP contribution >= 0.6 is 0 Å². The molecule has 24 heavy (non-hydrogen) atoms. The maximum absolute atomic E-state index is 9.34. The Labute approximate surface area is 142 Å². The lowest BCUT2D eigenvalue weighted by Gasteiger charge is -2.25. The summed E-state index contributed by atoms with van der Waals surface area (Å²) in [5.74, 6) is 0.0120. The minimum Gasteiger partial charge on any atom is -0.330 e. The minimum atomic E-state index is -0.137. The van der Waals surface area contributed by atoms with Gasteiger partial charge in [-0.2, -0.15) is 0 Å². The molecule has 0 fully saturated rings. The summed E-state index contributed by atoms with van der Waals surface area (Å²) in [4.78, 5) is 0. The van der Waals surface area contributed by atoms with Gasteiger partial charge in [0.1, 0.15) is 6.04 Å². The van der Waals surface area contributed by atoms with Crippen molar-refractivity contribution in [1.82, 2.24) is 5.01 Å². The van der Waals surface area contributed by atoms with Crippen LogP contribution in [0.4, 0.5) is 0 Å². The van der Waals surface area contributed by atoms with Crippen molar-refractivity contribution >= 4 is 10.8 Å². The lowest BCUT2D eigenvalue weighted by molar-refractivity contribution is 0.280. The van der Waals surface area contributed by atoms with E-state index in [4.69, 9.17) is 5.73 Å². The summed E-state index contributed by atoms with van der Waals surface area (Å²) in [7, 11) is 1.77. The topological polar surface area (TPSA) is 57.4 Å².